The molecule has 0 saturated heterocycles. The molecular weight excluding hydrogens is 284 g/mol. The molecule has 2 rings (SSSR count). The summed E-state index contributed by atoms with van der Waals surface area (Å²) < 4.78 is 0. The van der Waals surface area contributed by atoms with E-state index in [1.54, 1.807) is 0 Å². The first-order valence-corrected chi connectivity index (χ1v) is 8.15. The molecule has 0 atom stereocenters. The molecule has 2 aromatic rings. The maximum Gasteiger partial charge on any atom is 0.230 e. The number of benzene rings is 1. The Morgan fingerprint density at radius 3 is 2.86 bits per heavy atom. The van der Waals surface area contributed by atoms with Crippen molar-refractivity contribution in [2.24, 2.45) is 0 Å². The first kappa shape index (κ1) is 15.6. The van der Waals surface area contributed by atoms with Crippen molar-refractivity contribution in [3.8, 4) is 11.4 Å². The van der Waals surface area contributed by atoms with E-state index in [4.69, 9.17) is 0 Å². The molecule has 112 valence electrons. The van der Waals surface area contributed by atoms with Gasteiger partial charge in [-0.25, -0.2) is 4.98 Å². The van der Waals surface area contributed by atoms with E-state index in [-0.39, 0.29) is 5.91 Å². The number of aromatic nitrogens is 3. The van der Waals surface area contributed by atoms with Gasteiger partial charge in [-0.3, -0.25) is 9.89 Å². The van der Waals surface area contributed by atoms with E-state index in [0.29, 0.717) is 10.9 Å². The van der Waals surface area contributed by atoms with E-state index in [2.05, 4.69) is 27.4 Å². The fourth-order valence-corrected chi connectivity index (χ4v) is 2.45. The molecule has 1 aromatic heterocycles. The highest BCUT2D eigenvalue weighted by Gasteiger charge is 2.08. The van der Waals surface area contributed by atoms with Gasteiger partial charge in [-0.2, -0.15) is 0 Å². The number of nitrogens with zero attached hydrogens (tertiary/aromatic N) is 2. The predicted molar refractivity (Wildman–Crippen MR) is 85.1 cm³/mol. The molecule has 0 bridgehead atoms. The Bertz CT molecular complexity index is 556. The van der Waals surface area contributed by atoms with Crippen LogP contribution < -0.4 is 5.32 Å². The van der Waals surface area contributed by atoms with Crippen molar-refractivity contribution in [3.05, 3.63) is 30.3 Å². The lowest BCUT2D eigenvalue weighted by Crippen LogP contribution is -2.26. The van der Waals surface area contributed by atoms with Gasteiger partial charge in [0.1, 0.15) is 0 Å². The predicted octanol–water partition coefficient (Wildman–Crippen LogP) is 2.87. The average molecular weight is 304 g/mol. The van der Waals surface area contributed by atoms with E-state index < -0.39 is 0 Å². The zero-order valence-electron chi connectivity index (χ0n) is 12.1. The van der Waals surface area contributed by atoms with Crippen LogP contribution in [0, 0.1) is 0 Å². The number of amides is 1. The smallest absolute Gasteiger partial charge is 0.230 e. The molecule has 0 aliphatic heterocycles. The number of aromatic amines is 1. The highest BCUT2D eigenvalue weighted by Crippen LogP contribution is 2.18. The van der Waals surface area contributed by atoms with Crippen LogP contribution in [-0.4, -0.2) is 33.4 Å². The second-order valence-electron chi connectivity index (χ2n) is 4.68. The summed E-state index contributed by atoms with van der Waals surface area (Å²) in [5, 5.41) is 10.5. The van der Waals surface area contributed by atoms with Crippen molar-refractivity contribution >= 4 is 17.7 Å². The van der Waals surface area contributed by atoms with Gasteiger partial charge in [-0.1, -0.05) is 61.9 Å². The molecule has 1 aromatic carbocycles. The number of thioether (sulfide) groups is 1. The molecule has 0 spiro atoms. The van der Waals surface area contributed by atoms with Crippen LogP contribution in [0.25, 0.3) is 11.4 Å². The van der Waals surface area contributed by atoms with E-state index in [0.717, 1.165) is 37.2 Å². The maximum atomic E-state index is 11.7. The quantitative estimate of drug-likeness (QED) is 0.581. The summed E-state index contributed by atoms with van der Waals surface area (Å²) in [6.07, 6.45) is 3.34. The number of rotatable bonds is 8. The van der Waals surface area contributed by atoms with Crippen LogP contribution in [0.3, 0.4) is 0 Å². The summed E-state index contributed by atoms with van der Waals surface area (Å²) in [5.41, 5.74) is 0.987. The Balaban J connectivity index is 1.77. The topological polar surface area (TPSA) is 70.7 Å². The van der Waals surface area contributed by atoms with E-state index in [9.17, 15) is 4.79 Å². The van der Waals surface area contributed by atoms with E-state index in [1.807, 2.05) is 30.3 Å². The third-order valence-electron chi connectivity index (χ3n) is 2.95. The SMILES string of the molecule is CCCCCNC(=O)CSc1n[nH]c(-c2ccccc2)n1. The first-order chi connectivity index (χ1) is 10.3. The fourth-order valence-electron chi connectivity index (χ4n) is 1.82. The third kappa shape index (κ3) is 5.23. The summed E-state index contributed by atoms with van der Waals surface area (Å²) in [4.78, 5) is 16.0. The standard InChI is InChI=1S/C15H20N4OS/c1-2-3-7-10-16-13(20)11-21-15-17-14(18-19-15)12-8-5-4-6-9-12/h4-6,8-9H,2-3,7,10-11H2,1H3,(H,16,20)(H,17,18,19). The van der Waals surface area contributed by atoms with Crippen LogP contribution in [0.2, 0.25) is 0 Å². The van der Waals surface area contributed by atoms with Gasteiger partial charge >= 0.3 is 0 Å². The average Bonchev–Trinajstić information content (AvgIpc) is 2.99. The molecule has 0 saturated carbocycles. The lowest BCUT2D eigenvalue weighted by atomic mass is 10.2. The maximum absolute atomic E-state index is 11.7. The van der Waals surface area contributed by atoms with Crippen molar-refractivity contribution in [1.29, 1.82) is 0 Å². The molecule has 6 heteroatoms. The molecule has 0 unspecified atom stereocenters. The highest BCUT2D eigenvalue weighted by atomic mass is 32.2. The zero-order valence-corrected chi connectivity index (χ0v) is 12.9. The van der Waals surface area contributed by atoms with Gasteiger partial charge in [-0.05, 0) is 6.42 Å². The van der Waals surface area contributed by atoms with Crippen LogP contribution in [-0.2, 0) is 4.79 Å². The summed E-state index contributed by atoms with van der Waals surface area (Å²) in [7, 11) is 0. The normalized spacial score (nSPS) is 10.5. The first-order valence-electron chi connectivity index (χ1n) is 7.17. The molecule has 0 radical (unpaired) electrons. The molecule has 0 aliphatic carbocycles. The third-order valence-corrected chi connectivity index (χ3v) is 3.79. The van der Waals surface area contributed by atoms with Gasteiger partial charge in [0.15, 0.2) is 5.82 Å². The van der Waals surface area contributed by atoms with Crippen molar-refractivity contribution in [1.82, 2.24) is 20.5 Å². The molecular formula is C15H20N4OS. The molecule has 5 nitrogen and oxygen atoms in total. The number of hydrogen-bond acceptors (Lipinski definition) is 4. The Morgan fingerprint density at radius 2 is 2.10 bits per heavy atom. The van der Waals surface area contributed by atoms with Gasteiger partial charge in [0.25, 0.3) is 0 Å². The van der Waals surface area contributed by atoms with Crippen LogP contribution in [0.15, 0.2) is 35.5 Å². The van der Waals surface area contributed by atoms with Gasteiger partial charge in [0.2, 0.25) is 11.1 Å². The summed E-state index contributed by atoms with van der Waals surface area (Å²) >= 11 is 1.34. The lowest BCUT2D eigenvalue weighted by Gasteiger charge is -2.02. The molecule has 1 amide bonds. The fraction of sp³-hybridized carbons (Fsp3) is 0.400. The van der Waals surface area contributed by atoms with E-state index in [1.165, 1.54) is 11.8 Å². The van der Waals surface area contributed by atoms with Gasteiger partial charge in [-0.15, -0.1) is 5.10 Å². The zero-order chi connectivity index (χ0) is 14.9. The van der Waals surface area contributed by atoms with Crippen molar-refractivity contribution in [2.45, 2.75) is 31.3 Å². The molecule has 21 heavy (non-hydrogen) atoms. The molecule has 1 heterocycles. The highest BCUT2D eigenvalue weighted by molar-refractivity contribution is 7.99. The van der Waals surface area contributed by atoms with Gasteiger partial charge in [0, 0.05) is 12.1 Å². The second-order valence-corrected chi connectivity index (χ2v) is 5.62. The Kier molecular flexibility index (Phi) is 6.27. The Morgan fingerprint density at radius 1 is 1.29 bits per heavy atom. The van der Waals surface area contributed by atoms with Gasteiger partial charge < -0.3 is 5.32 Å². The summed E-state index contributed by atoms with van der Waals surface area (Å²) in [6, 6.07) is 9.80. The number of carbonyl (C=O) groups excluding carboxylic acids is 1. The monoisotopic (exact) mass is 304 g/mol. The minimum atomic E-state index is 0.0298. The summed E-state index contributed by atoms with van der Waals surface area (Å²) in [5.74, 6) is 1.10. The van der Waals surface area contributed by atoms with Crippen LogP contribution in [0.5, 0.6) is 0 Å². The molecule has 2 N–H and O–H groups in total. The van der Waals surface area contributed by atoms with Gasteiger partial charge in [0.05, 0.1) is 5.75 Å². The van der Waals surface area contributed by atoms with Crippen LogP contribution in [0.4, 0.5) is 0 Å². The lowest BCUT2D eigenvalue weighted by molar-refractivity contribution is -0.118. The number of unbranched alkanes of at least 4 members (excludes halogenated alkanes) is 2. The second kappa shape index (κ2) is 8.46. The van der Waals surface area contributed by atoms with E-state index >= 15 is 0 Å². The van der Waals surface area contributed by atoms with Crippen LogP contribution >= 0.6 is 11.8 Å². The Labute approximate surface area is 128 Å². The number of hydrogen-bond donors (Lipinski definition) is 2. The summed E-state index contributed by atoms with van der Waals surface area (Å²) in [6.45, 7) is 2.89. The number of carbonyl (C=O) groups is 1. The molecule has 0 aliphatic rings. The minimum absolute atomic E-state index is 0.0298. The molecule has 0 fully saturated rings. The van der Waals surface area contributed by atoms with Crippen molar-refractivity contribution in [3.63, 3.8) is 0 Å². The minimum Gasteiger partial charge on any atom is -0.355 e. The number of H-pyrrole nitrogens is 1. The Hall–Kier alpha value is -1.82. The van der Waals surface area contributed by atoms with Crippen molar-refractivity contribution < 1.29 is 4.79 Å². The van der Waals surface area contributed by atoms with Crippen molar-refractivity contribution in [2.75, 3.05) is 12.3 Å². The number of nitrogens with one attached hydrogen (secondary N) is 2. The largest absolute Gasteiger partial charge is 0.355 e. The van der Waals surface area contributed by atoms with Crippen LogP contribution in [0.1, 0.15) is 26.2 Å².